The van der Waals surface area contributed by atoms with Gasteiger partial charge in [0.1, 0.15) is 0 Å². The van der Waals surface area contributed by atoms with Gasteiger partial charge < -0.3 is 5.11 Å². The lowest BCUT2D eigenvalue weighted by atomic mass is 10.00. The molecule has 22 heavy (non-hydrogen) atoms. The van der Waals surface area contributed by atoms with E-state index in [4.69, 9.17) is 5.11 Å². The summed E-state index contributed by atoms with van der Waals surface area (Å²) in [6.07, 6.45) is 0. The Morgan fingerprint density at radius 1 is 0.955 bits per heavy atom. The summed E-state index contributed by atoms with van der Waals surface area (Å²) in [6, 6.07) is 17.4. The monoisotopic (exact) mass is 319 g/mol. The maximum Gasteiger partial charge on any atom is 0.323 e. The zero-order valence-corrected chi connectivity index (χ0v) is 12.8. The van der Waals surface area contributed by atoms with E-state index in [1.165, 1.54) is 0 Å². The molecular weight excluding hydrogens is 302 g/mol. The highest BCUT2D eigenvalue weighted by molar-refractivity contribution is 7.90. The molecule has 0 aliphatic rings. The Balaban J connectivity index is 2.41. The molecule has 0 amide bonds. The molecule has 6 heteroatoms. The Morgan fingerprint density at radius 3 is 1.73 bits per heavy atom. The molecule has 2 aromatic carbocycles. The van der Waals surface area contributed by atoms with Crippen molar-refractivity contribution in [3.63, 3.8) is 0 Å². The van der Waals surface area contributed by atoms with E-state index in [1.54, 1.807) is 48.5 Å². The molecule has 0 aliphatic heterocycles. The number of rotatable bonds is 6. The summed E-state index contributed by atoms with van der Waals surface area (Å²) in [4.78, 5) is 11.0. The summed E-state index contributed by atoms with van der Waals surface area (Å²) >= 11 is 0. The van der Waals surface area contributed by atoms with Crippen LogP contribution in [0.15, 0.2) is 60.7 Å². The van der Waals surface area contributed by atoms with Gasteiger partial charge in [0.25, 0.3) is 0 Å². The summed E-state index contributed by atoms with van der Waals surface area (Å²) < 4.78 is 27.0. The first-order valence-corrected chi connectivity index (χ1v) is 8.30. The van der Waals surface area contributed by atoms with Gasteiger partial charge in [-0.3, -0.25) is 4.79 Å². The third-order valence-corrected chi connectivity index (χ3v) is 5.06. The molecule has 2 aromatic rings. The SMILES string of the molecule is CC(C(=O)O)S(=O)(=O)NC(c1ccccc1)c1ccccc1. The largest absolute Gasteiger partial charge is 0.480 e. The molecule has 0 heterocycles. The van der Waals surface area contributed by atoms with Crippen LogP contribution in [0.5, 0.6) is 0 Å². The highest BCUT2D eigenvalue weighted by Gasteiger charge is 2.31. The van der Waals surface area contributed by atoms with Crippen LogP contribution in [0.25, 0.3) is 0 Å². The van der Waals surface area contributed by atoms with E-state index >= 15 is 0 Å². The van der Waals surface area contributed by atoms with Crippen LogP contribution in [0, 0.1) is 0 Å². The van der Waals surface area contributed by atoms with Crippen LogP contribution < -0.4 is 4.72 Å². The first-order valence-electron chi connectivity index (χ1n) is 6.75. The molecule has 0 saturated carbocycles. The molecule has 0 aromatic heterocycles. The Morgan fingerprint density at radius 2 is 1.36 bits per heavy atom. The standard InChI is InChI=1S/C16H17NO4S/c1-12(16(18)19)22(20,21)17-15(13-8-4-2-5-9-13)14-10-6-3-7-11-14/h2-12,15,17H,1H3,(H,18,19). The molecule has 0 fully saturated rings. The second kappa shape index (κ2) is 6.72. The van der Waals surface area contributed by atoms with E-state index in [1.807, 2.05) is 12.1 Å². The average Bonchev–Trinajstić information content (AvgIpc) is 2.53. The Hall–Kier alpha value is -2.18. The van der Waals surface area contributed by atoms with E-state index in [0.29, 0.717) is 0 Å². The van der Waals surface area contributed by atoms with Gasteiger partial charge in [-0.25, -0.2) is 13.1 Å². The number of sulfonamides is 1. The zero-order valence-electron chi connectivity index (χ0n) is 12.0. The third-order valence-electron chi connectivity index (χ3n) is 3.36. The number of carboxylic acid groups (broad SMARTS) is 1. The van der Waals surface area contributed by atoms with Gasteiger partial charge in [0.2, 0.25) is 10.0 Å². The normalized spacial score (nSPS) is 13.0. The maximum atomic E-state index is 12.2. The molecule has 1 atom stereocenters. The number of hydrogen-bond acceptors (Lipinski definition) is 3. The minimum Gasteiger partial charge on any atom is -0.480 e. The number of hydrogen-bond donors (Lipinski definition) is 2. The van der Waals surface area contributed by atoms with Crippen molar-refractivity contribution in [2.24, 2.45) is 0 Å². The van der Waals surface area contributed by atoms with Crippen LogP contribution in [-0.4, -0.2) is 24.7 Å². The van der Waals surface area contributed by atoms with Gasteiger partial charge in [-0.15, -0.1) is 0 Å². The number of carbonyl (C=O) groups is 1. The van der Waals surface area contributed by atoms with E-state index < -0.39 is 27.3 Å². The molecule has 0 spiro atoms. The predicted octanol–water partition coefficient (Wildman–Crippen LogP) is 2.17. The molecule has 0 aliphatic carbocycles. The van der Waals surface area contributed by atoms with Crippen molar-refractivity contribution in [1.29, 1.82) is 0 Å². The van der Waals surface area contributed by atoms with Gasteiger partial charge in [-0.2, -0.15) is 0 Å². The Labute approximate surface area is 129 Å². The fraction of sp³-hybridized carbons (Fsp3) is 0.188. The second-order valence-corrected chi connectivity index (χ2v) is 6.93. The predicted molar refractivity (Wildman–Crippen MR) is 83.9 cm³/mol. The zero-order chi connectivity index (χ0) is 16.2. The molecule has 0 bridgehead atoms. The first-order chi connectivity index (χ1) is 10.4. The van der Waals surface area contributed by atoms with Crippen molar-refractivity contribution in [2.45, 2.75) is 18.2 Å². The quantitative estimate of drug-likeness (QED) is 0.855. The van der Waals surface area contributed by atoms with Gasteiger partial charge in [-0.05, 0) is 18.1 Å². The van der Waals surface area contributed by atoms with E-state index in [2.05, 4.69) is 4.72 Å². The first kappa shape index (κ1) is 16.2. The summed E-state index contributed by atoms with van der Waals surface area (Å²) in [5.74, 6) is -1.38. The Bertz CT molecular complexity index is 690. The van der Waals surface area contributed by atoms with Crippen LogP contribution in [0.2, 0.25) is 0 Å². The lowest BCUT2D eigenvalue weighted by Crippen LogP contribution is -2.39. The fourth-order valence-electron chi connectivity index (χ4n) is 2.02. The van der Waals surface area contributed by atoms with Crippen molar-refractivity contribution in [1.82, 2.24) is 4.72 Å². The lowest BCUT2D eigenvalue weighted by molar-refractivity contribution is -0.136. The van der Waals surface area contributed by atoms with E-state index in [0.717, 1.165) is 18.1 Å². The van der Waals surface area contributed by atoms with Gasteiger partial charge in [-0.1, -0.05) is 60.7 Å². The fourth-order valence-corrected chi connectivity index (χ4v) is 3.09. The van der Waals surface area contributed by atoms with Crippen LogP contribution in [0.4, 0.5) is 0 Å². The third kappa shape index (κ3) is 3.72. The van der Waals surface area contributed by atoms with Crippen molar-refractivity contribution in [3.8, 4) is 0 Å². The summed E-state index contributed by atoms with van der Waals surface area (Å²) in [6.45, 7) is 1.15. The van der Waals surface area contributed by atoms with Crippen molar-refractivity contribution < 1.29 is 18.3 Å². The van der Waals surface area contributed by atoms with Gasteiger partial charge in [0.05, 0.1) is 6.04 Å². The van der Waals surface area contributed by atoms with Crippen molar-refractivity contribution >= 4 is 16.0 Å². The van der Waals surface area contributed by atoms with Crippen molar-refractivity contribution in [2.75, 3.05) is 0 Å². The number of aliphatic carboxylic acids is 1. The topological polar surface area (TPSA) is 83.5 Å². The number of benzene rings is 2. The Kier molecular flexibility index (Phi) is 4.95. The highest BCUT2D eigenvalue weighted by atomic mass is 32.2. The minimum absolute atomic E-state index is 0.630. The van der Waals surface area contributed by atoms with Gasteiger partial charge in [0, 0.05) is 0 Å². The lowest BCUT2D eigenvalue weighted by Gasteiger charge is -2.21. The van der Waals surface area contributed by atoms with Crippen LogP contribution in [0.1, 0.15) is 24.1 Å². The van der Waals surface area contributed by atoms with Crippen LogP contribution >= 0.6 is 0 Å². The molecule has 0 saturated heterocycles. The average molecular weight is 319 g/mol. The van der Waals surface area contributed by atoms with Gasteiger partial charge in [0.15, 0.2) is 5.25 Å². The smallest absolute Gasteiger partial charge is 0.323 e. The number of carboxylic acids is 1. The molecule has 2 N–H and O–H groups in total. The molecular formula is C16H17NO4S. The molecule has 1 unspecified atom stereocenters. The highest BCUT2D eigenvalue weighted by Crippen LogP contribution is 2.23. The molecule has 5 nitrogen and oxygen atoms in total. The number of nitrogens with one attached hydrogen (secondary N) is 1. The van der Waals surface area contributed by atoms with Crippen LogP contribution in [-0.2, 0) is 14.8 Å². The second-order valence-electron chi connectivity index (χ2n) is 4.90. The van der Waals surface area contributed by atoms with Crippen molar-refractivity contribution in [3.05, 3.63) is 71.8 Å². The minimum atomic E-state index is -4.00. The van der Waals surface area contributed by atoms with Crippen LogP contribution in [0.3, 0.4) is 0 Å². The summed E-state index contributed by atoms with van der Waals surface area (Å²) in [5.41, 5.74) is 1.49. The molecule has 0 radical (unpaired) electrons. The van der Waals surface area contributed by atoms with E-state index in [9.17, 15) is 13.2 Å². The summed E-state index contributed by atoms with van der Waals surface area (Å²) in [7, 11) is -4.00. The van der Waals surface area contributed by atoms with Gasteiger partial charge >= 0.3 is 5.97 Å². The van der Waals surface area contributed by atoms with E-state index in [-0.39, 0.29) is 0 Å². The summed E-state index contributed by atoms with van der Waals surface area (Å²) in [5, 5.41) is 7.43. The molecule has 116 valence electrons. The molecule has 2 rings (SSSR count). The maximum absolute atomic E-state index is 12.2.